The molecule has 2 aromatic carbocycles. The van der Waals surface area contributed by atoms with E-state index in [2.05, 4.69) is 81.4 Å². The predicted molar refractivity (Wildman–Crippen MR) is 118 cm³/mol. The number of benzene rings is 2. The Kier molecular flexibility index (Phi) is 6.76. The van der Waals surface area contributed by atoms with Crippen molar-refractivity contribution in [2.24, 2.45) is 5.92 Å². The summed E-state index contributed by atoms with van der Waals surface area (Å²) in [5.41, 5.74) is 0. The lowest BCUT2D eigenvalue weighted by Gasteiger charge is -2.47. The van der Waals surface area contributed by atoms with Gasteiger partial charge in [-0.25, -0.2) is 0 Å². The van der Waals surface area contributed by atoms with Crippen molar-refractivity contribution in [3.63, 3.8) is 0 Å². The highest BCUT2D eigenvalue weighted by Gasteiger charge is 2.52. The van der Waals surface area contributed by atoms with Gasteiger partial charge in [0.25, 0.3) is 8.32 Å². The van der Waals surface area contributed by atoms with E-state index in [-0.39, 0.29) is 23.9 Å². The summed E-state index contributed by atoms with van der Waals surface area (Å²) in [4.78, 5) is 0. The van der Waals surface area contributed by atoms with Gasteiger partial charge in [-0.15, -0.1) is 0 Å². The van der Waals surface area contributed by atoms with Crippen molar-refractivity contribution in [1.82, 2.24) is 0 Å². The molecule has 0 amide bonds. The zero-order chi connectivity index (χ0) is 20.2. The molecule has 1 N–H and O–H groups in total. The van der Waals surface area contributed by atoms with Gasteiger partial charge in [0.05, 0.1) is 12.2 Å². The van der Waals surface area contributed by atoms with E-state index in [1.165, 1.54) is 10.4 Å². The predicted octanol–water partition coefficient (Wildman–Crippen LogP) is 3.74. The van der Waals surface area contributed by atoms with Crippen molar-refractivity contribution < 1.29 is 14.3 Å². The Morgan fingerprint density at radius 2 is 1.43 bits per heavy atom. The number of hydrogen-bond acceptors (Lipinski definition) is 3. The third-order valence-electron chi connectivity index (χ3n) is 6.15. The first-order valence-corrected chi connectivity index (χ1v) is 12.3. The van der Waals surface area contributed by atoms with Crippen LogP contribution in [0, 0.1) is 5.92 Å². The van der Waals surface area contributed by atoms with Crippen molar-refractivity contribution in [1.29, 1.82) is 0 Å². The highest BCUT2D eigenvalue weighted by Crippen LogP contribution is 2.40. The minimum Gasteiger partial charge on any atom is -0.402 e. The Bertz CT molecular complexity index is 687. The highest BCUT2D eigenvalue weighted by molar-refractivity contribution is 6.99. The van der Waals surface area contributed by atoms with Crippen molar-refractivity contribution in [3.8, 4) is 0 Å². The van der Waals surface area contributed by atoms with Gasteiger partial charge in [-0.05, 0) is 40.6 Å². The molecular formula is C24H34O3Si. The molecule has 1 fully saturated rings. The van der Waals surface area contributed by atoms with E-state index < -0.39 is 8.32 Å². The fourth-order valence-corrected chi connectivity index (χ4v) is 9.39. The smallest absolute Gasteiger partial charge is 0.261 e. The summed E-state index contributed by atoms with van der Waals surface area (Å²) in [6, 6.07) is 21.5. The molecule has 0 aromatic heterocycles. The van der Waals surface area contributed by atoms with Gasteiger partial charge in [0.1, 0.15) is 0 Å². The second-order valence-electron chi connectivity index (χ2n) is 8.96. The van der Waals surface area contributed by atoms with Gasteiger partial charge in [0.2, 0.25) is 0 Å². The second-order valence-corrected chi connectivity index (χ2v) is 13.2. The van der Waals surface area contributed by atoms with Crippen LogP contribution in [0.25, 0.3) is 0 Å². The van der Waals surface area contributed by atoms with Crippen LogP contribution in [-0.2, 0) is 9.16 Å². The molecule has 0 heterocycles. The summed E-state index contributed by atoms with van der Waals surface area (Å²) < 4.78 is 13.1. The maximum atomic E-state index is 9.62. The third-order valence-corrected chi connectivity index (χ3v) is 11.2. The third kappa shape index (κ3) is 4.11. The molecule has 4 heteroatoms. The standard InChI is InChI=1S/C24H34O3Si/c1-24(2,3)28(20-11-7-5-8-12-20,21-13-9-6-10-14-21)27-22-16-15-19(18-25)17-23(22)26-4/h5-14,19,22-23,25H,15-18H2,1-4H3/t19-,22-,23-/m1/s1. The number of aliphatic hydroxyl groups is 1. The van der Waals surface area contributed by atoms with Crippen molar-refractivity contribution in [2.45, 2.75) is 57.3 Å². The summed E-state index contributed by atoms with van der Waals surface area (Å²) in [5, 5.41) is 12.2. The maximum Gasteiger partial charge on any atom is 0.261 e. The average molecular weight is 399 g/mol. The van der Waals surface area contributed by atoms with Gasteiger partial charge in [0, 0.05) is 13.7 Å². The van der Waals surface area contributed by atoms with Crippen LogP contribution in [0.2, 0.25) is 5.04 Å². The van der Waals surface area contributed by atoms with E-state index in [4.69, 9.17) is 9.16 Å². The van der Waals surface area contributed by atoms with E-state index in [1.807, 2.05) is 0 Å². The van der Waals surface area contributed by atoms with Gasteiger partial charge in [-0.2, -0.15) is 0 Å². The molecule has 0 spiro atoms. The monoisotopic (exact) mass is 398 g/mol. The first kappa shape index (κ1) is 21.3. The summed E-state index contributed by atoms with van der Waals surface area (Å²) in [5.74, 6) is 0.309. The quantitative estimate of drug-likeness (QED) is 0.754. The molecule has 0 aliphatic heterocycles. The van der Waals surface area contributed by atoms with Crippen LogP contribution in [0.1, 0.15) is 40.0 Å². The number of aliphatic hydroxyl groups excluding tert-OH is 1. The van der Waals surface area contributed by atoms with Crippen molar-refractivity contribution in [2.75, 3.05) is 13.7 Å². The molecule has 0 saturated heterocycles. The van der Waals surface area contributed by atoms with Crippen LogP contribution in [0.3, 0.4) is 0 Å². The summed E-state index contributed by atoms with van der Waals surface area (Å²) in [6.45, 7) is 7.15. The fraction of sp³-hybridized carbons (Fsp3) is 0.500. The van der Waals surface area contributed by atoms with E-state index in [9.17, 15) is 5.11 Å². The molecule has 3 atom stereocenters. The lowest BCUT2D eigenvalue weighted by molar-refractivity contribution is -0.0489. The minimum absolute atomic E-state index is 0.0209. The van der Waals surface area contributed by atoms with Crippen LogP contribution in [0.15, 0.2) is 60.7 Å². The van der Waals surface area contributed by atoms with E-state index >= 15 is 0 Å². The fourth-order valence-electron chi connectivity index (χ4n) is 4.65. The van der Waals surface area contributed by atoms with Gasteiger partial charge in [0.15, 0.2) is 0 Å². The molecule has 1 saturated carbocycles. The lowest BCUT2D eigenvalue weighted by atomic mass is 9.86. The molecule has 1 aliphatic carbocycles. The summed E-state index contributed by atoms with van der Waals surface area (Å²) in [7, 11) is -0.800. The van der Waals surface area contributed by atoms with Crippen LogP contribution < -0.4 is 10.4 Å². The number of methoxy groups -OCH3 is 1. The molecule has 1 aliphatic rings. The Morgan fingerprint density at radius 3 is 1.86 bits per heavy atom. The Hall–Kier alpha value is -1.46. The molecule has 3 rings (SSSR count). The Balaban J connectivity index is 2.09. The average Bonchev–Trinajstić information content (AvgIpc) is 2.72. The summed E-state index contributed by atoms with van der Waals surface area (Å²) in [6.07, 6.45) is 2.83. The van der Waals surface area contributed by atoms with Crippen molar-refractivity contribution >= 4 is 18.7 Å². The molecule has 3 nitrogen and oxygen atoms in total. The van der Waals surface area contributed by atoms with Crippen LogP contribution >= 0.6 is 0 Å². The van der Waals surface area contributed by atoms with Gasteiger partial charge < -0.3 is 14.3 Å². The van der Waals surface area contributed by atoms with Gasteiger partial charge in [-0.3, -0.25) is 0 Å². The highest BCUT2D eigenvalue weighted by atomic mass is 28.4. The first-order valence-electron chi connectivity index (χ1n) is 10.3. The van der Waals surface area contributed by atoms with E-state index in [0.717, 1.165) is 19.3 Å². The molecule has 0 bridgehead atoms. The topological polar surface area (TPSA) is 38.7 Å². The molecule has 0 unspecified atom stereocenters. The number of hydrogen-bond donors (Lipinski definition) is 1. The first-order chi connectivity index (χ1) is 13.4. The lowest BCUT2D eigenvalue weighted by Crippen LogP contribution is -2.68. The van der Waals surface area contributed by atoms with Crippen LogP contribution in [0.4, 0.5) is 0 Å². The van der Waals surface area contributed by atoms with Crippen LogP contribution in [0.5, 0.6) is 0 Å². The normalized spacial score (nSPS) is 23.5. The molecule has 0 radical (unpaired) electrons. The van der Waals surface area contributed by atoms with Crippen molar-refractivity contribution in [3.05, 3.63) is 60.7 Å². The van der Waals surface area contributed by atoms with Gasteiger partial charge in [-0.1, -0.05) is 81.4 Å². The molecular weight excluding hydrogens is 364 g/mol. The SMILES string of the molecule is CO[C@@H]1C[C@H](CO)CC[C@H]1O[Si](c1ccccc1)(c1ccccc1)C(C)(C)C. The number of ether oxygens (including phenoxy) is 1. The Labute approximate surface area is 170 Å². The zero-order valence-corrected chi connectivity index (χ0v) is 18.6. The molecule has 28 heavy (non-hydrogen) atoms. The van der Waals surface area contributed by atoms with E-state index in [0.29, 0.717) is 5.92 Å². The Morgan fingerprint density at radius 1 is 0.893 bits per heavy atom. The summed E-state index contributed by atoms with van der Waals surface area (Å²) >= 11 is 0. The molecule has 152 valence electrons. The molecule has 2 aromatic rings. The minimum atomic E-state index is -2.57. The van der Waals surface area contributed by atoms with Gasteiger partial charge >= 0.3 is 0 Å². The number of rotatable bonds is 6. The maximum absolute atomic E-state index is 9.62. The zero-order valence-electron chi connectivity index (χ0n) is 17.6. The van der Waals surface area contributed by atoms with Crippen LogP contribution in [-0.4, -0.2) is 39.3 Å². The second kappa shape index (κ2) is 8.91. The van der Waals surface area contributed by atoms with E-state index in [1.54, 1.807) is 7.11 Å². The largest absolute Gasteiger partial charge is 0.402 e.